The number of ether oxygens (including phenoxy) is 1. The maximum Gasteiger partial charge on any atom is 0.338 e. The standard InChI is InChI=1S/C14H11N3O2/c18-14(12-4-2-1-3-5-12)19-9-11-6-7-13-16-15-10-17(13)8-11/h1-8,10H,9H2. The molecule has 1 aromatic carbocycles. The summed E-state index contributed by atoms with van der Waals surface area (Å²) in [5.41, 5.74) is 2.20. The maximum absolute atomic E-state index is 11.8. The van der Waals surface area contributed by atoms with Crippen LogP contribution >= 0.6 is 0 Å². The number of fused-ring (bicyclic) bond motifs is 1. The van der Waals surface area contributed by atoms with Crippen LogP contribution in [0.2, 0.25) is 0 Å². The van der Waals surface area contributed by atoms with Gasteiger partial charge in [-0.25, -0.2) is 4.79 Å². The summed E-state index contributed by atoms with van der Waals surface area (Å²) in [6.07, 6.45) is 3.45. The van der Waals surface area contributed by atoms with Crippen molar-refractivity contribution in [1.29, 1.82) is 0 Å². The number of hydrogen-bond donors (Lipinski definition) is 0. The average Bonchev–Trinajstić information content (AvgIpc) is 2.93. The Kier molecular flexibility index (Phi) is 2.94. The average molecular weight is 253 g/mol. The lowest BCUT2D eigenvalue weighted by Gasteiger charge is -2.05. The van der Waals surface area contributed by atoms with E-state index in [2.05, 4.69) is 10.2 Å². The molecule has 5 nitrogen and oxygen atoms in total. The number of carbonyl (C=O) groups is 1. The van der Waals surface area contributed by atoms with Crippen molar-refractivity contribution in [3.05, 3.63) is 66.1 Å². The molecule has 2 heterocycles. The summed E-state index contributed by atoms with van der Waals surface area (Å²) < 4.78 is 7.03. The van der Waals surface area contributed by atoms with Gasteiger partial charge in [-0.1, -0.05) is 24.3 Å². The van der Waals surface area contributed by atoms with Gasteiger partial charge in [0.1, 0.15) is 12.9 Å². The van der Waals surface area contributed by atoms with Gasteiger partial charge in [-0.3, -0.25) is 4.40 Å². The molecule has 0 bridgehead atoms. The molecule has 0 aliphatic heterocycles. The van der Waals surface area contributed by atoms with Gasteiger partial charge >= 0.3 is 5.97 Å². The fourth-order valence-electron chi connectivity index (χ4n) is 1.77. The molecule has 0 aliphatic carbocycles. The van der Waals surface area contributed by atoms with Gasteiger partial charge in [0.05, 0.1) is 5.56 Å². The molecule has 0 radical (unpaired) electrons. The van der Waals surface area contributed by atoms with Crippen LogP contribution in [0.4, 0.5) is 0 Å². The van der Waals surface area contributed by atoms with Crippen molar-refractivity contribution in [3.8, 4) is 0 Å². The molecule has 0 unspecified atom stereocenters. The normalized spacial score (nSPS) is 10.5. The van der Waals surface area contributed by atoms with E-state index in [4.69, 9.17) is 4.74 Å². The smallest absolute Gasteiger partial charge is 0.338 e. The number of carbonyl (C=O) groups excluding carboxylic acids is 1. The molecule has 0 N–H and O–H groups in total. The molecular weight excluding hydrogens is 242 g/mol. The summed E-state index contributed by atoms with van der Waals surface area (Å²) in [4.78, 5) is 11.8. The van der Waals surface area contributed by atoms with Crippen molar-refractivity contribution < 1.29 is 9.53 Å². The summed E-state index contributed by atoms with van der Waals surface area (Å²) in [5.74, 6) is -0.329. The van der Waals surface area contributed by atoms with Gasteiger partial charge < -0.3 is 4.74 Å². The molecular formula is C14H11N3O2. The Balaban J connectivity index is 1.70. The van der Waals surface area contributed by atoms with Crippen LogP contribution in [-0.4, -0.2) is 20.6 Å². The van der Waals surface area contributed by atoms with Crippen LogP contribution in [0.25, 0.3) is 5.65 Å². The molecule has 0 spiro atoms. The van der Waals surface area contributed by atoms with Crippen molar-refractivity contribution in [2.75, 3.05) is 0 Å². The number of hydrogen-bond acceptors (Lipinski definition) is 4. The zero-order valence-corrected chi connectivity index (χ0v) is 10.1. The van der Waals surface area contributed by atoms with Crippen LogP contribution in [0.3, 0.4) is 0 Å². The van der Waals surface area contributed by atoms with Crippen molar-refractivity contribution in [3.63, 3.8) is 0 Å². The Morgan fingerprint density at radius 2 is 2.00 bits per heavy atom. The molecule has 0 fully saturated rings. The van der Waals surface area contributed by atoms with E-state index < -0.39 is 0 Å². The molecule has 2 aromatic heterocycles. The van der Waals surface area contributed by atoms with Gasteiger partial charge in [-0.05, 0) is 18.2 Å². The summed E-state index contributed by atoms with van der Waals surface area (Å²) >= 11 is 0. The third-order valence-electron chi connectivity index (χ3n) is 2.73. The van der Waals surface area contributed by atoms with Gasteiger partial charge in [0, 0.05) is 11.8 Å². The van der Waals surface area contributed by atoms with Gasteiger partial charge in [-0.2, -0.15) is 0 Å². The number of pyridine rings is 1. The number of benzene rings is 1. The first-order valence-electron chi connectivity index (χ1n) is 5.83. The summed E-state index contributed by atoms with van der Waals surface area (Å²) in [6.45, 7) is 0.224. The van der Waals surface area contributed by atoms with E-state index in [1.54, 1.807) is 35.0 Å². The number of esters is 1. The molecule has 19 heavy (non-hydrogen) atoms. The minimum absolute atomic E-state index is 0.224. The Labute approximate surface area is 109 Å². The second-order valence-corrected chi connectivity index (χ2v) is 4.08. The van der Waals surface area contributed by atoms with Crippen molar-refractivity contribution in [1.82, 2.24) is 14.6 Å². The zero-order chi connectivity index (χ0) is 13.1. The Hall–Kier alpha value is -2.69. The van der Waals surface area contributed by atoms with Gasteiger partial charge in [-0.15, -0.1) is 10.2 Å². The minimum Gasteiger partial charge on any atom is -0.457 e. The maximum atomic E-state index is 11.8. The number of rotatable bonds is 3. The van der Waals surface area contributed by atoms with Crippen LogP contribution < -0.4 is 0 Å². The molecule has 0 saturated heterocycles. The summed E-state index contributed by atoms with van der Waals surface area (Å²) in [7, 11) is 0. The van der Waals surface area contributed by atoms with Gasteiger partial charge in [0.2, 0.25) is 0 Å². The second kappa shape index (κ2) is 4.89. The lowest BCUT2D eigenvalue weighted by atomic mass is 10.2. The quantitative estimate of drug-likeness (QED) is 0.671. The fraction of sp³-hybridized carbons (Fsp3) is 0.0714. The topological polar surface area (TPSA) is 56.5 Å². The van der Waals surface area contributed by atoms with Gasteiger partial charge in [0.15, 0.2) is 5.65 Å². The highest BCUT2D eigenvalue weighted by atomic mass is 16.5. The van der Waals surface area contributed by atoms with E-state index in [0.717, 1.165) is 11.2 Å². The lowest BCUT2D eigenvalue weighted by Crippen LogP contribution is -2.05. The van der Waals surface area contributed by atoms with Crippen LogP contribution in [0.5, 0.6) is 0 Å². The third-order valence-corrected chi connectivity index (χ3v) is 2.73. The van der Waals surface area contributed by atoms with E-state index in [0.29, 0.717) is 5.56 Å². The minimum atomic E-state index is -0.329. The first-order valence-corrected chi connectivity index (χ1v) is 5.83. The molecule has 3 rings (SSSR count). The molecule has 3 aromatic rings. The fourth-order valence-corrected chi connectivity index (χ4v) is 1.77. The highest BCUT2D eigenvalue weighted by Crippen LogP contribution is 2.07. The molecule has 0 atom stereocenters. The van der Waals surface area contributed by atoms with Crippen LogP contribution in [-0.2, 0) is 11.3 Å². The highest BCUT2D eigenvalue weighted by Gasteiger charge is 2.06. The molecule has 5 heteroatoms. The number of aromatic nitrogens is 3. The largest absolute Gasteiger partial charge is 0.457 e. The van der Waals surface area contributed by atoms with Crippen LogP contribution in [0.1, 0.15) is 15.9 Å². The lowest BCUT2D eigenvalue weighted by molar-refractivity contribution is 0.0472. The monoisotopic (exact) mass is 253 g/mol. The predicted octanol–water partition coefficient (Wildman–Crippen LogP) is 2.09. The molecule has 0 aliphatic rings. The van der Waals surface area contributed by atoms with Crippen LogP contribution in [0, 0.1) is 0 Å². The van der Waals surface area contributed by atoms with Crippen molar-refractivity contribution >= 4 is 11.6 Å². The Morgan fingerprint density at radius 1 is 1.16 bits per heavy atom. The first kappa shape index (κ1) is 11.4. The zero-order valence-electron chi connectivity index (χ0n) is 10.1. The van der Waals surface area contributed by atoms with Crippen molar-refractivity contribution in [2.45, 2.75) is 6.61 Å². The van der Waals surface area contributed by atoms with E-state index in [1.165, 1.54) is 0 Å². The van der Waals surface area contributed by atoms with E-state index in [9.17, 15) is 4.79 Å². The Morgan fingerprint density at radius 3 is 2.84 bits per heavy atom. The molecule has 0 amide bonds. The van der Waals surface area contributed by atoms with E-state index in [1.807, 2.05) is 24.4 Å². The van der Waals surface area contributed by atoms with Crippen LogP contribution in [0.15, 0.2) is 55.0 Å². The van der Waals surface area contributed by atoms with E-state index in [-0.39, 0.29) is 12.6 Å². The van der Waals surface area contributed by atoms with Gasteiger partial charge in [0.25, 0.3) is 0 Å². The summed E-state index contributed by atoms with van der Waals surface area (Å²) in [5, 5.41) is 7.70. The number of nitrogens with zero attached hydrogens (tertiary/aromatic N) is 3. The predicted molar refractivity (Wildman–Crippen MR) is 68.5 cm³/mol. The summed E-state index contributed by atoms with van der Waals surface area (Å²) in [6, 6.07) is 12.6. The molecule has 94 valence electrons. The SMILES string of the molecule is O=C(OCc1ccc2nncn2c1)c1ccccc1. The van der Waals surface area contributed by atoms with Crippen molar-refractivity contribution in [2.24, 2.45) is 0 Å². The Bertz CT molecular complexity index is 707. The van der Waals surface area contributed by atoms with E-state index >= 15 is 0 Å². The second-order valence-electron chi connectivity index (χ2n) is 4.08. The highest BCUT2D eigenvalue weighted by molar-refractivity contribution is 5.89. The molecule has 0 saturated carbocycles. The third kappa shape index (κ3) is 2.44. The first-order chi connectivity index (χ1) is 9.33.